The lowest BCUT2D eigenvalue weighted by Gasteiger charge is -2.34. The highest BCUT2D eigenvalue weighted by Gasteiger charge is 2.23. The van der Waals surface area contributed by atoms with Crippen molar-refractivity contribution in [3.63, 3.8) is 0 Å². The van der Waals surface area contributed by atoms with E-state index in [2.05, 4.69) is 36.4 Å². The van der Waals surface area contributed by atoms with Crippen molar-refractivity contribution in [3.05, 3.63) is 54.6 Å². The molecule has 1 aliphatic rings. The van der Waals surface area contributed by atoms with Gasteiger partial charge in [-0.3, -0.25) is 9.88 Å². The molecule has 8 heteroatoms. The zero-order chi connectivity index (χ0) is 18.5. The second-order valence-corrected chi connectivity index (χ2v) is 6.47. The second-order valence-electron chi connectivity index (χ2n) is 6.47. The van der Waals surface area contributed by atoms with Crippen LogP contribution in [0.15, 0.2) is 48.9 Å². The number of aryl methyl sites for hydroxylation is 1. The summed E-state index contributed by atoms with van der Waals surface area (Å²) in [7, 11) is 1.94. The highest BCUT2D eigenvalue weighted by Crippen LogP contribution is 2.21. The quantitative estimate of drug-likeness (QED) is 0.713. The Labute approximate surface area is 158 Å². The van der Waals surface area contributed by atoms with E-state index in [0.29, 0.717) is 6.54 Å². The van der Waals surface area contributed by atoms with Crippen LogP contribution >= 0.6 is 0 Å². The van der Waals surface area contributed by atoms with Gasteiger partial charge in [-0.15, -0.1) is 10.2 Å². The predicted octanol–water partition coefficient (Wildman–Crippen LogP) is 1.76. The summed E-state index contributed by atoms with van der Waals surface area (Å²) in [6, 6.07) is 10.1. The number of imidazole rings is 1. The fourth-order valence-electron chi connectivity index (χ4n) is 3.24. The average Bonchev–Trinajstić information content (AvgIpc) is 3.16. The fourth-order valence-corrected chi connectivity index (χ4v) is 3.24. The van der Waals surface area contributed by atoms with Crippen molar-refractivity contribution in [2.45, 2.75) is 6.04 Å². The van der Waals surface area contributed by atoms with Gasteiger partial charge in [0.2, 0.25) is 0 Å². The summed E-state index contributed by atoms with van der Waals surface area (Å²) in [6.45, 7) is 4.00. The SMILES string of the molecule is Cn1ccnc1-c1ccc(NC[C@@H](c2ccccn2)N2CCOCC2)nn1. The van der Waals surface area contributed by atoms with Crippen molar-refractivity contribution in [2.75, 3.05) is 38.2 Å². The largest absolute Gasteiger partial charge is 0.379 e. The van der Waals surface area contributed by atoms with Gasteiger partial charge in [-0.05, 0) is 24.3 Å². The van der Waals surface area contributed by atoms with Gasteiger partial charge in [0.25, 0.3) is 0 Å². The van der Waals surface area contributed by atoms with Crippen LogP contribution in [0.1, 0.15) is 11.7 Å². The highest BCUT2D eigenvalue weighted by molar-refractivity contribution is 5.51. The predicted molar refractivity (Wildman–Crippen MR) is 102 cm³/mol. The van der Waals surface area contributed by atoms with E-state index >= 15 is 0 Å². The monoisotopic (exact) mass is 365 g/mol. The van der Waals surface area contributed by atoms with Crippen molar-refractivity contribution in [2.24, 2.45) is 7.05 Å². The minimum absolute atomic E-state index is 0.158. The number of nitrogens with one attached hydrogen (secondary N) is 1. The molecule has 1 aliphatic heterocycles. The highest BCUT2D eigenvalue weighted by atomic mass is 16.5. The van der Waals surface area contributed by atoms with Crippen LogP contribution in [0.25, 0.3) is 11.5 Å². The lowest BCUT2D eigenvalue weighted by atomic mass is 10.1. The molecule has 0 amide bonds. The molecule has 1 atom stereocenters. The van der Waals surface area contributed by atoms with E-state index in [9.17, 15) is 0 Å². The molecule has 1 N–H and O–H groups in total. The topological polar surface area (TPSA) is 81.0 Å². The van der Waals surface area contributed by atoms with Crippen molar-refractivity contribution in [3.8, 4) is 11.5 Å². The first-order chi connectivity index (χ1) is 13.3. The molecule has 1 fully saturated rings. The summed E-state index contributed by atoms with van der Waals surface area (Å²) in [5.41, 5.74) is 1.80. The van der Waals surface area contributed by atoms with Gasteiger partial charge < -0.3 is 14.6 Å². The molecule has 8 nitrogen and oxygen atoms in total. The molecule has 140 valence electrons. The van der Waals surface area contributed by atoms with Crippen LogP contribution in [0.3, 0.4) is 0 Å². The van der Waals surface area contributed by atoms with Gasteiger partial charge in [-0.1, -0.05) is 6.07 Å². The molecule has 0 aromatic carbocycles. The van der Waals surface area contributed by atoms with E-state index in [-0.39, 0.29) is 6.04 Å². The van der Waals surface area contributed by atoms with Gasteiger partial charge in [0, 0.05) is 45.3 Å². The van der Waals surface area contributed by atoms with Crippen molar-refractivity contribution in [1.82, 2.24) is 29.6 Å². The molecule has 3 aromatic heterocycles. The molecular formula is C19H23N7O. The van der Waals surface area contributed by atoms with E-state index in [1.165, 1.54) is 0 Å². The summed E-state index contributed by atoms with van der Waals surface area (Å²) < 4.78 is 7.42. The van der Waals surface area contributed by atoms with E-state index in [0.717, 1.165) is 49.3 Å². The maximum absolute atomic E-state index is 5.49. The summed E-state index contributed by atoms with van der Waals surface area (Å²) in [5.74, 6) is 1.54. The molecule has 4 heterocycles. The number of anilines is 1. The molecule has 0 aliphatic carbocycles. The van der Waals surface area contributed by atoms with Crippen molar-refractivity contribution < 1.29 is 4.74 Å². The van der Waals surface area contributed by atoms with Gasteiger partial charge in [0.1, 0.15) is 11.5 Å². The van der Waals surface area contributed by atoms with E-state index < -0.39 is 0 Å². The Balaban J connectivity index is 1.46. The number of rotatable bonds is 6. The number of ether oxygens (including phenoxy) is 1. The molecule has 27 heavy (non-hydrogen) atoms. The van der Waals surface area contributed by atoms with E-state index in [1.807, 2.05) is 48.3 Å². The Morgan fingerprint density at radius 1 is 1.07 bits per heavy atom. The number of pyridine rings is 1. The number of hydrogen-bond acceptors (Lipinski definition) is 7. The smallest absolute Gasteiger partial charge is 0.160 e. The van der Waals surface area contributed by atoms with Gasteiger partial charge in [-0.25, -0.2) is 4.98 Å². The van der Waals surface area contributed by atoms with Crippen molar-refractivity contribution >= 4 is 5.82 Å². The molecule has 0 saturated carbocycles. The Hall–Kier alpha value is -2.84. The maximum Gasteiger partial charge on any atom is 0.160 e. The standard InChI is InChI=1S/C19H23N7O/c1-25-9-8-21-19(25)16-5-6-18(24-23-16)22-14-17(15-4-2-3-7-20-15)26-10-12-27-13-11-26/h2-9,17H,10-14H2,1H3,(H,22,24)/t17-/m0/s1. The van der Waals surface area contributed by atoms with E-state index in [4.69, 9.17) is 4.74 Å². The molecule has 0 spiro atoms. The Morgan fingerprint density at radius 3 is 2.63 bits per heavy atom. The Morgan fingerprint density at radius 2 is 1.96 bits per heavy atom. The normalized spacial score (nSPS) is 16.2. The van der Waals surface area contributed by atoms with Gasteiger partial charge in [-0.2, -0.15) is 0 Å². The number of aromatic nitrogens is 5. The first-order valence-corrected chi connectivity index (χ1v) is 9.09. The molecule has 0 unspecified atom stereocenters. The minimum Gasteiger partial charge on any atom is -0.379 e. The van der Waals surface area contributed by atoms with Crippen LogP contribution in [0.5, 0.6) is 0 Å². The van der Waals surface area contributed by atoms with Crippen LogP contribution in [0.2, 0.25) is 0 Å². The molecule has 0 bridgehead atoms. The number of nitrogens with zero attached hydrogens (tertiary/aromatic N) is 6. The second kappa shape index (κ2) is 8.24. The fraction of sp³-hybridized carbons (Fsp3) is 0.368. The minimum atomic E-state index is 0.158. The van der Waals surface area contributed by atoms with Gasteiger partial charge in [0.05, 0.1) is 24.9 Å². The molecule has 1 saturated heterocycles. The van der Waals surface area contributed by atoms with Crippen LogP contribution in [0.4, 0.5) is 5.82 Å². The molecule has 3 aromatic rings. The lowest BCUT2D eigenvalue weighted by Crippen LogP contribution is -2.41. The van der Waals surface area contributed by atoms with Crippen LogP contribution in [0, 0.1) is 0 Å². The van der Waals surface area contributed by atoms with Crippen LogP contribution < -0.4 is 5.32 Å². The van der Waals surface area contributed by atoms with Crippen molar-refractivity contribution in [1.29, 1.82) is 0 Å². The molecule has 0 radical (unpaired) electrons. The lowest BCUT2D eigenvalue weighted by molar-refractivity contribution is 0.0179. The van der Waals surface area contributed by atoms with Gasteiger partial charge in [0.15, 0.2) is 5.82 Å². The molecular weight excluding hydrogens is 342 g/mol. The first-order valence-electron chi connectivity index (χ1n) is 9.09. The third-order valence-corrected chi connectivity index (χ3v) is 4.71. The van der Waals surface area contributed by atoms with Crippen LogP contribution in [-0.2, 0) is 11.8 Å². The third kappa shape index (κ3) is 4.12. The first kappa shape index (κ1) is 17.6. The average molecular weight is 365 g/mol. The maximum atomic E-state index is 5.49. The summed E-state index contributed by atoms with van der Waals surface area (Å²) in [4.78, 5) is 11.3. The number of morpholine rings is 1. The zero-order valence-electron chi connectivity index (χ0n) is 15.3. The Bertz CT molecular complexity index is 844. The summed E-state index contributed by atoms with van der Waals surface area (Å²) in [5, 5.41) is 12.0. The summed E-state index contributed by atoms with van der Waals surface area (Å²) >= 11 is 0. The van der Waals surface area contributed by atoms with Crippen LogP contribution in [-0.4, -0.2) is 62.5 Å². The summed E-state index contributed by atoms with van der Waals surface area (Å²) in [6.07, 6.45) is 5.48. The molecule has 4 rings (SSSR count). The van der Waals surface area contributed by atoms with E-state index in [1.54, 1.807) is 6.20 Å². The van der Waals surface area contributed by atoms with Gasteiger partial charge >= 0.3 is 0 Å². The third-order valence-electron chi connectivity index (χ3n) is 4.71. The number of hydrogen-bond donors (Lipinski definition) is 1. The zero-order valence-corrected chi connectivity index (χ0v) is 15.3. The Kier molecular flexibility index (Phi) is 5.36.